The molecule has 0 unspecified atom stereocenters. The standard InChI is InChI=1S/2C14H13F2N2.2C5H5.Ti/c2*1-9-5-10-7-17(2)8-14(10)18(9)13-4-3-11(15)6-12(13)16;2*1-2-4-5-3-1;/h2*3-5H,7-8H2,1-2H3;2*1-5H;/q4*-1;+4. The van der Waals surface area contributed by atoms with Gasteiger partial charge in [0.15, 0.2) is 0 Å². The third-order valence-electron chi connectivity index (χ3n) is 7.75. The molecule has 6 aromatic rings. The summed E-state index contributed by atoms with van der Waals surface area (Å²) < 4.78 is 57.2. The van der Waals surface area contributed by atoms with Crippen molar-refractivity contribution in [3.05, 3.63) is 166 Å². The maximum absolute atomic E-state index is 13.8. The molecule has 2 aliphatic rings. The number of nitrogens with zero attached hydrogens (tertiary/aromatic N) is 4. The average molecular weight is 673 g/mol. The number of hydrogen-bond donors (Lipinski definition) is 0. The van der Waals surface area contributed by atoms with Gasteiger partial charge in [0.2, 0.25) is 0 Å². The molecule has 0 spiro atoms. The van der Waals surface area contributed by atoms with Crippen LogP contribution in [-0.4, -0.2) is 33.0 Å². The van der Waals surface area contributed by atoms with Crippen LogP contribution in [0.2, 0.25) is 0 Å². The van der Waals surface area contributed by atoms with Crippen LogP contribution in [0.15, 0.2) is 97.1 Å². The molecule has 2 aliphatic heterocycles. The van der Waals surface area contributed by atoms with Gasteiger partial charge in [-0.1, -0.05) is 0 Å². The van der Waals surface area contributed by atoms with Crippen molar-refractivity contribution in [2.75, 3.05) is 14.1 Å². The van der Waals surface area contributed by atoms with E-state index < -0.39 is 23.3 Å². The fourth-order valence-electron chi connectivity index (χ4n) is 5.87. The molecule has 9 heteroatoms. The van der Waals surface area contributed by atoms with Crippen molar-refractivity contribution in [1.82, 2.24) is 18.9 Å². The zero-order chi connectivity index (χ0) is 32.8. The molecular formula is C38H36F4N4Ti. The summed E-state index contributed by atoms with van der Waals surface area (Å²) in [4.78, 5) is 4.32. The molecule has 0 saturated heterocycles. The Morgan fingerprint density at radius 1 is 0.574 bits per heavy atom. The van der Waals surface area contributed by atoms with Gasteiger partial charge in [-0.05, 0) is 62.6 Å². The first-order valence-corrected chi connectivity index (χ1v) is 15.0. The third kappa shape index (κ3) is 8.70. The van der Waals surface area contributed by atoms with Crippen LogP contribution in [0.25, 0.3) is 11.4 Å². The number of rotatable bonds is 2. The minimum atomic E-state index is -0.671. The largest absolute Gasteiger partial charge is 4.00 e. The van der Waals surface area contributed by atoms with Gasteiger partial charge in [-0.15, -0.1) is 36.4 Å². The van der Waals surface area contributed by atoms with Crippen LogP contribution >= 0.6 is 0 Å². The molecule has 0 N–H and O–H groups in total. The van der Waals surface area contributed by atoms with E-state index in [9.17, 15) is 17.6 Å². The number of benzene rings is 2. The Balaban J connectivity index is 0.000000162. The van der Waals surface area contributed by atoms with Gasteiger partial charge in [0.25, 0.3) is 0 Å². The van der Waals surface area contributed by atoms with Crippen LogP contribution in [0.3, 0.4) is 0 Å². The van der Waals surface area contributed by atoms with Crippen molar-refractivity contribution in [1.29, 1.82) is 0 Å². The quantitative estimate of drug-likeness (QED) is 0.104. The van der Waals surface area contributed by atoms with Gasteiger partial charge in [0.1, 0.15) is 0 Å². The Kier molecular flexibility index (Phi) is 12.4. The van der Waals surface area contributed by atoms with Crippen LogP contribution in [0.5, 0.6) is 0 Å². The van der Waals surface area contributed by atoms with E-state index in [1.165, 1.54) is 35.4 Å². The van der Waals surface area contributed by atoms with E-state index >= 15 is 0 Å². The normalized spacial score (nSPS) is 13.3. The predicted molar refractivity (Wildman–Crippen MR) is 173 cm³/mol. The number of hydrogen-bond acceptors (Lipinski definition) is 2. The molecule has 0 aliphatic carbocycles. The second-order valence-corrected chi connectivity index (χ2v) is 11.5. The van der Waals surface area contributed by atoms with Crippen molar-refractivity contribution in [3.8, 4) is 11.4 Å². The minimum absolute atomic E-state index is 0. The number of fused-ring (bicyclic) bond motifs is 2. The van der Waals surface area contributed by atoms with E-state index in [0.29, 0.717) is 11.4 Å². The Labute approximate surface area is 289 Å². The molecule has 240 valence electrons. The summed E-state index contributed by atoms with van der Waals surface area (Å²) in [5.41, 5.74) is 7.23. The van der Waals surface area contributed by atoms with Gasteiger partial charge in [-0.3, -0.25) is 9.80 Å². The Morgan fingerprint density at radius 2 is 0.936 bits per heavy atom. The molecule has 4 heterocycles. The average Bonchev–Trinajstić information content (AvgIpc) is 3.84. The maximum atomic E-state index is 13.8. The van der Waals surface area contributed by atoms with E-state index in [1.807, 2.05) is 97.7 Å². The van der Waals surface area contributed by atoms with Gasteiger partial charge in [-0.25, -0.2) is 41.8 Å². The maximum Gasteiger partial charge on any atom is 4.00 e. The molecule has 0 fully saturated rings. The molecular weight excluding hydrogens is 636 g/mol. The van der Waals surface area contributed by atoms with Crippen molar-refractivity contribution < 1.29 is 39.3 Å². The zero-order valence-corrected chi connectivity index (χ0v) is 28.4. The number of halogens is 4. The molecule has 0 atom stereocenters. The second-order valence-electron chi connectivity index (χ2n) is 11.5. The first kappa shape index (κ1) is 35.9. The van der Waals surface area contributed by atoms with Gasteiger partial charge in [0, 0.05) is 72.2 Å². The fraction of sp³-hybridized carbons (Fsp3) is 0.211. The van der Waals surface area contributed by atoms with Gasteiger partial charge < -0.3 is 9.13 Å². The molecule has 0 saturated carbocycles. The Bertz CT molecular complexity index is 1680. The molecule has 2 aromatic heterocycles. The van der Waals surface area contributed by atoms with Crippen molar-refractivity contribution in [3.63, 3.8) is 0 Å². The SMILES string of the molecule is Cc1cc2c(n1-c1ccc(F)[c-]c1F)CN(C)C2.Cc1cc2c(n1-c1ccc(F)[c-]c1F)CN(C)C2.[Ti+4].c1cc[cH-]c1.c1cc[cH-]c1. The molecule has 0 radical (unpaired) electrons. The van der Waals surface area contributed by atoms with Crippen molar-refractivity contribution in [2.24, 2.45) is 0 Å². The van der Waals surface area contributed by atoms with Gasteiger partial charge in [0.05, 0.1) is 0 Å². The summed E-state index contributed by atoms with van der Waals surface area (Å²) in [7, 11) is 4.04. The summed E-state index contributed by atoms with van der Waals surface area (Å²) in [6.07, 6.45) is 0. The van der Waals surface area contributed by atoms with Crippen LogP contribution in [0.4, 0.5) is 17.6 Å². The van der Waals surface area contributed by atoms with Crippen LogP contribution < -0.4 is 0 Å². The van der Waals surface area contributed by atoms with Crippen LogP contribution in [-0.2, 0) is 47.9 Å². The molecule has 47 heavy (non-hydrogen) atoms. The molecule has 8 rings (SSSR count). The molecule has 0 amide bonds. The predicted octanol–water partition coefficient (Wildman–Crippen LogP) is 8.43. The topological polar surface area (TPSA) is 16.3 Å². The fourth-order valence-corrected chi connectivity index (χ4v) is 5.87. The van der Waals surface area contributed by atoms with Gasteiger partial charge in [-0.2, -0.15) is 36.4 Å². The number of aromatic nitrogens is 2. The van der Waals surface area contributed by atoms with Crippen molar-refractivity contribution in [2.45, 2.75) is 40.0 Å². The summed E-state index contributed by atoms with van der Waals surface area (Å²) in [5, 5.41) is 0. The molecule has 0 bridgehead atoms. The molecule has 4 aromatic carbocycles. The van der Waals surface area contributed by atoms with Crippen molar-refractivity contribution >= 4 is 0 Å². The monoisotopic (exact) mass is 672 g/mol. The summed E-state index contributed by atoms with van der Waals surface area (Å²) in [5.74, 6) is -2.64. The smallest absolute Gasteiger partial charge is 0.368 e. The van der Waals surface area contributed by atoms with E-state index in [4.69, 9.17) is 0 Å². The van der Waals surface area contributed by atoms with E-state index in [-0.39, 0.29) is 21.7 Å². The Morgan fingerprint density at radius 3 is 1.23 bits per heavy atom. The summed E-state index contributed by atoms with van der Waals surface area (Å²) in [6.45, 7) is 7.16. The zero-order valence-electron chi connectivity index (χ0n) is 26.9. The van der Waals surface area contributed by atoms with E-state index in [2.05, 4.69) is 34.1 Å². The van der Waals surface area contributed by atoms with Crippen LogP contribution in [0, 0.1) is 49.2 Å². The second kappa shape index (κ2) is 16.2. The van der Waals surface area contributed by atoms with Gasteiger partial charge >= 0.3 is 21.7 Å². The summed E-state index contributed by atoms with van der Waals surface area (Å²) in [6, 6.07) is 33.7. The van der Waals surface area contributed by atoms with Crippen LogP contribution in [0.1, 0.15) is 33.9 Å². The molecule has 4 nitrogen and oxygen atoms in total. The first-order chi connectivity index (χ1) is 22.1. The third-order valence-corrected chi connectivity index (χ3v) is 7.75. The minimum Gasteiger partial charge on any atom is -0.368 e. The summed E-state index contributed by atoms with van der Waals surface area (Å²) >= 11 is 0. The van der Waals surface area contributed by atoms with E-state index in [1.54, 1.807) is 0 Å². The number of aryl methyl sites for hydroxylation is 2. The van der Waals surface area contributed by atoms with E-state index in [0.717, 1.165) is 49.0 Å². The Hall–Kier alpha value is -3.95. The first-order valence-electron chi connectivity index (χ1n) is 15.0.